The first-order chi connectivity index (χ1) is 6.02. The second-order valence-corrected chi connectivity index (χ2v) is 3.05. The molecule has 0 aliphatic rings. The summed E-state index contributed by atoms with van der Waals surface area (Å²) in [6, 6.07) is 0. The van der Waals surface area contributed by atoms with Gasteiger partial charge in [0.25, 0.3) is 0 Å². The van der Waals surface area contributed by atoms with Gasteiger partial charge >= 0.3 is 11.9 Å². The smallest absolute Gasteiger partial charge is 0.345 e. The molecule has 0 aromatic heterocycles. The summed E-state index contributed by atoms with van der Waals surface area (Å²) in [5.74, 6) is -1.87. The molecule has 0 bridgehead atoms. The second kappa shape index (κ2) is 5.79. The normalized spacial score (nSPS) is 14.5. The number of aliphatic hydroxyl groups excluding tert-OH is 2. The van der Waals surface area contributed by atoms with Gasteiger partial charge in [0.05, 0.1) is 14.2 Å². The lowest BCUT2D eigenvalue weighted by atomic mass is 10.7. The molecule has 6 nitrogen and oxygen atoms in total. The van der Waals surface area contributed by atoms with Gasteiger partial charge in [-0.1, -0.05) is 11.8 Å². The molecule has 0 fully saturated rings. The fourth-order valence-corrected chi connectivity index (χ4v) is 1.09. The Kier molecular flexibility index (Phi) is 5.44. The maximum Gasteiger partial charge on any atom is 0.345 e. The minimum Gasteiger partial charge on any atom is -0.466 e. The van der Waals surface area contributed by atoms with Gasteiger partial charge in [-0.25, -0.2) is 9.59 Å². The van der Waals surface area contributed by atoms with Crippen molar-refractivity contribution >= 4 is 23.7 Å². The van der Waals surface area contributed by atoms with Gasteiger partial charge in [-0.15, -0.1) is 0 Å². The highest BCUT2D eigenvalue weighted by Crippen LogP contribution is 2.15. The molecule has 76 valence electrons. The van der Waals surface area contributed by atoms with Gasteiger partial charge < -0.3 is 19.7 Å². The van der Waals surface area contributed by atoms with Crippen LogP contribution >= 0.6 is 11.8 Å². The van der Waals surface area contributed by atoms with E-state index in [2.05, 4.69) is 9.47 Å². The second-order valence-electron chi connectivity index (χ2n) is 1.89. The van der Waals surface area contributed by atoms with Crippen molar-refractivity contribution in [2.75, 3.05) is 14.2 Å². The quantitative estimate of drug-likeness (QED) is 0.440. The summed E-state index contributed by atoms with van der Waals surface area (Å²) in [4.78, 5) is 21.2. The fraction of sp³-hybridized carbons (Fsp3) is 0.667. The molecule has 2 N–H and O–H groups in total. The Morgan fingerprint density at radius 2 is 1.38 bits per heavy atom. The van der Waals surface area contributed by atoms with E-state index in [0.717, 1.165) is 14.2 Å². The Labute approximate surface area is 78.8 Å². The van der Waals surface area contributed by atoms with Crippen molar-refractivity contribution in [3.8, 4) is 0 Å². The van der Waals surface area contributed by atoms with E-state index in [-0.39, 0.29) is 0 Å². The average Bonchev–Trinajstić information content (AvgIpc) is 2.14. The lowest BCUT2D eigenvalue weighted by Crippen LogP contribution is -2.26. The molecule has 0 spiro atoms. The Balaban J connectivity index is 3.98. The van der Waals surface area contributed by atoms with Crippen molar-refractivity contribution in [3.05, 3.63) is 0 Å². The number of methoxy groups -OCH3 is 2. The zero-order valence-corrected chi connectivity index (χ0v) is 7.91. The molecule has 0 aliphatic carbocycles. The molecule has 0 aliphatic heterocycles. The number of hydrogen-bond acceptors (Lipinski definition) is 7. The molecule has 0 amide bonds. The van der Waals surface area contributed by atoms with Crippen molar-refractivity contribution in [2.24, 2.45) is 0 Å². The van der Waals surface area contributed by atoms with Crippen LogP contribution in [-0.2, 0) is 19.1 Å². The van der Waals surface area contributed by atoms with Crippen LogP contribution in [0.4, 0.5) is 0 Å². The highest BCUT2D eigenvalue weighted by molar-refractivity contribution is 8.01. The third-order valence-electron chi connectivity index (χ3n) is 1.06. The van der Waals surface area contributed by atoms with E-state index in [1.807, 2.05) is 0 Å². The summed E-state index contributed by atoms with van der Waals surface area (Å²) < 4.78 is 8.31. The molecule has 0 rings (SSSR count). The van der Waals surface area contributed by atoms with Crippen LogP contribution < -0.4 is 0 Å². The van der Waals surface area contributed by atoms with Gasteiger partial charge in [0.15, 0.2) is 0 Å². The SMILES string of the molecule is COC(=O)C(O)SC(O)C(=O)OC. The fourth-order valence-electron chi connectivity index (χ4n) is 0.435. The number of carbonyl (C=O) groups excluding carboxylic acids is 2. The van der Waals surface area contributed by atoms with E-state index in [1.165, 1.54) is 0 Å². The van der Waals surface area contributed by atoms with E-state index in [9.17, 15) is 9.59 Å². The molecule has 2 unspecified atom stereocenters. The number of ether oxygens (including phenoxy) is 2. The van der Waals surface area contributed by atoms with Gasteiger partial charge in [-0.05, 0) is 0 Å². The molecule has 0 aromatic rings. The van der Waals surface area contributed by atoms with Crippen LogP contribution in [0.25, 0.3) is 0 Å². The lowest BCUT2D eigenvalue weighted by molar-refractivity contribution is -0.146. The molecule has 0 radical (unpaired) electrons. The zero-order chi connectivity index (χ0) is 10.4. The van der Waals surface area contributed by atoms with E-state index < -0.39 is 22.8 Å². The number of carbonyl (C=O) groups is 2. The minimum absolute atomic E-state index is 0.327. The van der Waals surface area contributed by atoms with Crippen LogP contribution in [0.3, 0.4) is 0 Å². The molecule has 7 heteroatoms. The molecule has 13 heavy (non-hydrogen) atoms. The van der Waals surface area contributed by atoms with Crippen LogP contribution in [0, 0.1) is 0 Å². The molecule has 0 aromatic carbocycles. The first-order valence-electron chi connectivity index (χ1n) is 3.20. The summed E-state index contributed by atoms with van der Waals surface area (Å²) >= 11 is 0.327. The summed E-state index contributed by atoms with van der Waals surface area (Å²) in [5.41, 5.74) is -3.20. The van der Waals surface area contributed by atoms with E-state index in [4.69, 9.17) is 10.2 Å². The highest BCUT2D eigenvalue weighted by atomic mass is 32.2. The van der Waals surface area contributed by atoms with Crippen LogP contribution in [-0.4, -0.2) is 47.2 Å². The first-order valence-corrected chi connectivity index (χ1v) is 4.14. The van der Waals surface area contributed by atoms with Crippen molar-refractivity contribution < 1.29 is 29.3 Å². The minimum atomic E-state index is -1.60. The van der Waals surface area contributed by atoms with Gasteiger partial charge in [0.2, 0.25) is 10.9 Å². The van der Waals surface area contributed by atoms with Gasteiger partial charge in [0.1, 0.15) is 0 Å². The van der Waals surface area contributed by atoms with Crippen LogP contribution in [0.1, 0.15) is 0 Å². The van der Waals surface area contributed by atoms with E-state index >= 15 is 0 Å². The van der Waals surface area contributed by atoms with Gasteiger partial charge in [-0.2, -0.15) is 0 Å². The molecular formula is C6H10O6S. The molecule has 0 saturated carbocycles. The third kappa shape index (κ3) is 4.11. The van der Waals surface area contributed by atoms with Crippen molar-refractivity contribution in [1.29, 1.82) is 0 Å². The monoisotopic (exact) mass is 210 g/mol. The zero-order valence-electron chi connectivity index (χ0n) is 7.09. The van der Waals surface area contributed by atoms with Crippen molar-refractivity contribution in [1.82, 2.24) is 0 Å². The van der Waals surface area contributed by atoms with Crippen molar-refractivity contribution in [3.63, 3.8) is 0 Å². The van der Waals surface area contributed by atoms with Gasteiger partial charge in [-0.3, -0.25) is 0 Å². The largest absolute Gasteiger partial charge is 0.466 e. The molecule has 0 saturated heterocycles. The number of esters is 2. The van der Waals surface area contributed by atoms with Crippen molar-refractivity contribution in [2.45, 2.75) is 10.9 Å². The lowest BCUT2D eigenvalue weighted by Gasteiger charge is -2.11. The maximum atomic E-state index is 10.6. The summed E-state index contributed by atoms with van der Waals surface area (Å²) in [6.07, 6.45) is 0. The van der Waals surface area contributed by atoms with Crippen LogP contribution in [0.2, 0.25) is 0 Å². The molecule has 2 atom stereocenters. The predicted molar refractivity (Wildman–Crippen MR) is 43.6 cm³/mol. The van der Waals surface area contributed by atoms with E-state index in [1.54, 1.807) is 0 Å². The maximum absolute atomic E-state index is 10.6. The predicted octanol–water partition coefficient (Wildman–Crippen LogP) is -1.30. The Morgan fingerprint density at radius 3 is 1.62 bits per heavy atom. The average molecular weight is 210 g/mol. The first kappa shape index (κ1) is 12.2. The molecule has 0 heterocycles. The Hall–Kier alpha value is -0.790. The number of rotatable bonds is 4. The number of hydrogen-bond donors (Lipinski definition) is 2. The summed E-state index contributed by atoms with van der Waals surface area (Å²) in [6.45, 7) is 0. The summed E-state index contributed by atoms with van der Waals surface area (Å²) in [7, 11) is 2.16. The molecular weight excluding hydrogens is 200 g/mol. The third-order valence-corrected chi connectivity index (χ3v) is 1.96. The van der Waals surface area contributed by atoms with Gasteiger partial charge in [0, 0.05) is 0 Å². The van der Waals surface area contributed by atoms with E-state index in [0.29, 0.717) is 11.8 Å². The topological polar surface area (TPSA) is 93.1 Å². The number of aliphatic hydroxyl groups is 2. The Bertz CT molecular complexity index is 174. The van der Waals surface area contributed by atoms with Crippen LogP contribution in [0.5, 0.6) is 0 Å². The van der Waals surface area contributed by atoms with Crippen LogP contribution in [0.15, 0.2) is 0 Å². The highest BCUT2D eigenvalue weighted by Gasteiger charge is 2.25. The number of thioether (sulfide) groups is 1. The summed E-state index contributed by atoms with van der Waals surface area (Å²) in [5, 5.41) is 17.9. The standard InChI is InChI=1S/C6H10O6S/c1-11-3(7)5(9)13-6(10)4(8)12-2/h5-6,9-10H,1-2H3. The Morgan fingerprint density at radius 1 is 1.08 bits per heavy atom.